The zero-order valence-electron chi connectivity index (χ0n) is 17.0. The second kappa shape index (κ2) is 7.95. The summed E-state index contributed by atoms with van der Waals surface area (Å²) in [6.45, 7) is 5.49. The second-order valence-electron chi connectivity index (χ2n) is 7.87. The fraction of sp³-hybridized carbons (Fsp3) is 0.429. The minimum Gasteiger partial charge on any atom is -0.444 e. The molecule has 0 saturated carbocycles. The Morgan fingerprint density at radius 1 is 1.38 bits per heavy atom. The molecule has 0 bridgehead atoms. The Kier molecular flexibility index (Phi) is 5.59. The number of amides is 3. The first-order valence-corrected chi connectivity index (χ1v) is 9.40. The summed E-state index contributed by atoms with van der Waals surface area (Å²) in [4.78, 5) is 40.0. The summed E-state index contributed by atoms with van der Waals surface area (Å²) in [6, 6.07) is 5.63. The Hall–Kier alpha value is -3.34. The highest BCUT2D eigenvalue weighted by Gasteiger charge is 2.30. The van der Waals surface area contributed by atoms with E-state index in [1.54, 1.807) is 20.8 Å². The predicted molar refractivity (Wildman–Crippen MR) is 107 cm³/mol. The summed E-state index contributed by atoms with van der Waals surface area (Å²) in [6.07, 6.45) is 0.237. The van der Waals surface area contributed by atoms with Crippen molar-refractivity contribution >= 4 is 28.9 Å². The van der Waals surface area contributed by atoms with Gasteiger partial charge in [-0.2, -0.15) is 0 Å². The van der Waals surface area contributed by atoms with E-state index in [1.165, 1.54) is 0 Å². The van der Waals surface area contributed by atoms with Crippen LogP contribution in [0.5, 0.6) is 0 Å². The van der Waals surface area contributed by atoms with Crippen LogP contribution < -0.4 is 10.6 Å². The zero-order chi connectivity index (χ0) is 21.2. The number of aromatic nitrogens is 2. The highest BCUT2D eigenvalue weighted by Crippen LogP contribution is 2.30. The first-order chi connectivity index (χ1) is 13.7. The van der Waals surface area contributed by atoms with E-state index < -0.39 is 17.6 Å². The number of aryl methyl sites for hydroxylation is 1. The van der Waals surface area contributed by atoms with Gasteiger partial charge in [0.25, 0.3) is 0 Å². The van der Waals surface area contributed by atoms with Crippen LogP contribution in [0.4, 0.5) is 4.79 Å². The molecular weight excluding hydrogens is 372 g/mol. The lowest BCUT2D eigenvalue weighted by Crippen LogP contribution is -2.39. The topological polar surface area (TPSA) is 102 Å². The number of rotatable bonds is 2. The molecule has 2 N–H and O–H groups in total. The Morgan fingerprint density at radius 2 is 2.14 bits per heavy atom. The molecule has 1 aromatic carbocycles. The largest absolute Gasteiger partial charge is 0.444 e. The number of ether oxygens (including phenoxy) is 1. The number of alkyl carbamates (subject to hydrolysis) is 1. The monoisotopic (exact) mass is 396 g/mol. The van der Waals surface area contributed by atoms with Crippen LogP contribution in [0.25, 0.3) is 11.0 Å². The van der Waals surface area contributed by atoms with Crippen molar-refractivity contribution in [3.63, 3.8) is 0 Å². The number of benzene rings is 1. The summed E-state index contributed by atoms with van der Waals surface area (Å²) in [7, 11) is 1.84. The van der Waals surface area contributed by atoms with Crippen molar-refractivity contribution in [3.8, 4) is 11.8 Å². The maximum atomic E-state index is 12.3. The lowest BCUT2D eigenvalue weighted by atomic mass is 9.90. The summed E-state index contributed by atoms with van der Waals surface area (Å²) in [5, 5.41) is 4.97. The van der Waals surface area contributed by atoms with Crippen LogP contribution in [-0.4, -0.2) is 39.6 Å². The molecular formula is C21H24N4O4. The quantitative estimate of drug-likeness (QED) is 0.597. The van der Waals surface area contributed by atoms with Crippen molar-refractivity contribution in [2.45, 2.75) is 45.1 Å². The lowest BCUT2D eigenvalue weighted by molar-refractivity contribution is -0.134. The van der Waals surface area contributed by atoms with Crippen molar-refractivity contribution in [3.05, 3.63) is 29.6 Å². The molecule has 1 saturated heterocycles. The average Bonchev–Trinajstić information content (AvgIpc) is 2.94. The molecule has 29 heavy (non-hydrogen) atoms. The predicted octanol–water partition coefficient (Wildman–Crippen LogP) is 1.97. The van der Waals surface area contributed by atoms with Crippen LogP contribution in [0.15, 0.2) is 18.2 Å². The zero-order valence-corrected chi connectivity index (χ0v) is 17.0. The van der Waals surface area contributed by atoms with Crippen LogP contribution in [0, 0.1) is 11.8 Å². The number of carbonyl (C=O) groups excluding carboxylic acids is 3. The Balaban J connectivity index is 1.80. The van der Waals surface area contributed by atoms with E-state index in [9.17, 15) is 14.4 Å². The number of nitrogens with one attached hydrogen (secondary N) is 2. The van der Waals surface area contributed by atoms with E-state index in [-0.39, 0.29) is 18.4 Å². The van der Waals surface area contributed by atoms with E-state index in [0.717, 1.165) is 11.1 Å². The maximum absolute atomic E-state index is 12.3. The molecule has 2 heterocycles. The molecule has 1 aliphatic rings. The van der Waals surface area contributed by atoms with Gasteiger partial charge in [0.1, 0.15) is 5.60 Å². The Labute approximate surface area is 169 Å². The van der Waals surface area contributed by atoms with Crippen LogP contribution in [-0.2, 0) is 21.4 Å². The number of imidazole rings is 1. The highest BCUT2D eigenvalue weighted by atomic mass is 16.6. The van der Waals surface area contributed by atoms with Gasteiger partial charge in [0.05, 0.1) is 23.5 Å². The molecule has 0 radical (unpaired) electrons. The number of nitrogens with zero attached hydrogens (tertiary/aromatic N) is 2. The molecule has 3 rings (SSSR count). The second-order valence-corrected chi connectivity index (χ2v) is 7.87. The van der Waals surface area contributed by atoms with Gasteiger partial charge in [-0.25, -0.2) is 9.78 Å². The number of fused-ring (bicyclic) bond motifs is 1. The van der Waals surface area contributed by atoms with Gasteiger partial charge in [-0.15, -0.1) is 0 Å². The molecule has 0 aliphatic carbocycles. The van der Waals surface area contributed by atoms with Crippen LogP contribution in [0.2, 0.25) is 0 Å². The minimum absolute atomic E-state index is 0.123. The molecule has 1 atom stereocenters. The number of carbonyl (C=O) groups is 3. The average molecular weight is 396 g/mol. The van der Waals surface area contributed by atoms with Crippen molar-refractivity contribution in [2.75, 3.05) is 6.54 Å². The molecule has 1 unspecified atom stereocenters. The standard InChI is InChI=1S/C21H24N4O4/c1-21(2,3)29-20(28)22-12-6-9-16-23-18-13(7-5-8-15(18)25(16)4)14-10-11-17(26)24-19(14)27/h5,7-8,14H,10-12H2,1-4H3,(H,22,28)(H,24,26,27). The van der Waals surface area contributed by atoms with E-state index in [0.29, 0.717) is 24.2 Å². The summed E-state index contributed by atoms with van der Waals surface area (Å²) in [5.41, 5.74) is 1.75. The van der Waals surface area contributed by atoms with Crippen molar-refractivity contribution < 1.29 is 19.1 Å². The first-order valence-electron chi connectivity index (χ1n) is 9.40. The Morgan fingerprint density at radius 3 is 2.83 bits per heavy atom. The molecule has 152 valence electrons. The van der Waals surface area contributed by atoms with Crippen LogP contribution >= 0.6 is 0 Å². The van der Waals surface area contributed by atoms with Gasteiger partial charge in [-0.1, -0.05) is 18.1 Å². The Bertz CT molecular complexity index is 1040. The fourth-order valence-electron chi connectivity index (χ4n) is 3.17. The lowest BCUT2D eigenvalue weighted by Gasteiger charge is -2.21. The number of hydrogen-bond donors (Lipinski definition) is 2. The van der Waals surface area contributed by atoms with Gasteiger partial charge < -0.3 is 14.6 Å². The van der Waals surface area contributed by atoms with E-state index in [2.05, 4.69) is 27.5 Å². The van der Waals surface area contributed by atoms with E-state index in [1.807, 2.05) is 29.8 Å². The van der Waals surface area contributed by atoms with Gasteiger partial charge in [-0.05, 0) is 44.7 Å². The third kappa shape index (κ3) is 4.74. The number of imide groups is 1. The summed E-state index contributed by atoms with van der Waals surface area (Å²) in [5.74, 6) is 5.37. The number of piperidine rings is 1. The molecule has 3 amide bonds. The molecule has 2 aromatic rings. The smallest absolute Gasteiger partial charge is 0.408 e. The molecule has 1 fully saturated rings. The molecule has 8 heteroatoms. The number of para-hydroxylation sites is 1. The molecule has 1 aromatic heterocycles. The van der Waals surface area contributed by atoms with Crippen LogP contribution in [0.1, 0.15) is 50.9 Å². The van der Waals surface area contributed by atoms with Gasteiger partial charge in [-0.3, -0.25) is 14.9 Å². The van der Waals surface area contributed by atoms with Crippen molar-refractivity contribution in [1.82, 2.24) is 20.2 Å². The SMILES string of the molecule is Cn1c(C#CCNC(=O)OC(C)(C)C)nc2c(C3CCC(=O)NC3=O)cccc21. The summed E-state index contributed by atoms with van der Waals surface area (Å²) >= 11 is 0. The third-order valence-electron chi connectivity index (χ3n) is 4.48. The molecule has 8 nitrogen and oxygen atoms in total. The normalized spacial score (nSPS) is 16.8. The van der Waals surface area contributed by atoms with Gasteiger partial charge >= 0.3 is 6.09 Å². The van der Waals surface area contributed by atoms with E-state index in [4.69, 9.17) is 4.74 Å². The van der Waals surface area contributed by atoms with Crippen molar-refractivity contribution in [1.29, 1.82) is 0 Å². The minimum atomic E-state index is -0.568. The summed E-state index contributed by atoms with van der Waals surface area (Å²) < 4.78 is 7.00. The number of hydrogen-bond acceptors (Lipinski definition) is 5. The van der Waals surface area contributed by atoms with Crippen molar-refractivity contribution in [2.24, 2.45) is 7.05 Å². The highest BCUT2D eigenvalue weighted by molar-refractivity contribution is 6.02. The maximum Gasteiger partial charge on any atom is 0.408 e. The first kappa shape index (κ1) is 20.4. The fourth-order valence-corrected chi connectivity index (χ4v) is 3.17. The third-order valence-corrected chi connectivity index (χ3v) is 4.48. The molecule has 0 spiro atoms. The van der Waals surface area contributed by atoms with E-state index >= 15 is 0 Å². The van der Waals surface area contributed by atoms with Gasteiger partial charge in [0.15, 0.2) is 5.82 Å². The van der Waals surface area contributed by atoms with Gasteiger partial charge in [0.2, 0.25) is 11.8 Å². The van der Waals surface area contributed by atoms with Crippen LogP contribution in [0.3, 0.4) is 0 Å². The van der Waals surface area contributed by atoms with Gasteiger partial charge in [0, 0.05) is 13.5 Å². The molecule has 1 aliphatic heterocycles.